The van der Waals surface area contributed by atoms with E-state index < -0.39 is 11.9 Å². The van der Waals surface area contributed by atoms with E-state index in [4.69, 9.17) is 11.5 Å². The fraction of sp³-hybridized carbons (Fsp3) is 0.200. The van der Waals surface area contributed by atoms with Crippen LogP contribution in [0, 0.1) is 0 Å². The van der Waals surface area contributed by atoms with Gasteiger partial charge in [-0.15, -0.1) is 0 Å². The topological polar surface area (TPSA) is 98.2 Å². The molecule has 0 aromatic heterocycles. The lowest BCUT2D eigenvalue weighted by Crippen LogP contribution is -2.42. The van der Waals surface area contributed by atoms with Crippen molar-refractivity contribution >= 4 is 33.4 Å². The zero-order chi connectivity index (χ0) is 12.3. The van der Waals surface area contributed by atoms with Gasteiger partial charge in [-0.3, -0.25) is 9.59 Å². The molecule has 0 saturated heterocycles. The maximum Gasteiger partial charge on any atom is 0.251 e. The number of carbonyl (C=O) groups is 2. The molecule has 0 spiro atoms. The predicted molar refractivity (Wildman–Crippen MR) is 64.7 cm³/mol. The lowest BCUT2D eigenvalue weighted by Gasteiger charge is -2.10. The first-order chi connectivity index (χ1) is 7.41. The molecule has 1 aromatic carbocycles. The first-order valence-corrected chi connectivity index (χ1v) is 5.36. The zero-order valence-corrected chi connectivity index (χ0v) is 10.2. The van der Waals surface area contributed by atoms with Crippen molar-refractivity contribution in [3.05, 3.63) is 28.2 Å². The molecule has 1 aromatic rings. The molecule has 5 nitrogen and oxygen atoms in total. The number of nitrogen functional groups attached to an aromatic ring is 1. The van der Waals surface area contributed by atoms with Crippen LogP contribution in [-0.4, -0.2) is 17.9 Å². The number of benzene rings is 1. The van der Waals surface area contributed by atoms with Crippen molar-refractivity contribution in [2.75, 3.05) is 5.73 Å². The number of hydrogen-bond acceptors (Lipinski definition) is 3. The number of anilines is 1. The van der Waals surface area contributed by atoms with E-state index in [0.29, 0.717) is 15.7 Å². The SMILES string of the molecule is CC(NC(=O)c1ccc(N)c(Br)c1)C(N)=O. The normalized spacial score (nSPS) is 11.9. The Morgan fingerprint density at radius 3 is 2.56 bits per heavy atom. The lowest BCUT2D eigenvalue weighted by molar-refractivity contribution is -0.119. The van der Waals surface area contributed by atoms with Gasteiger partial charge in [0.05, 0.1) is 0 Å². The number of halogens is 1. The molecule has 0 aliphatic heterocycles. The Balaban J connectivity index is 2.81. The quantitative estimate of drug-likeness (QED) is 0.711. The van der Waals surface area contributed by atoms with E-state index in [1.807, 2.05) is 0 Å². The second-order valence-corrected chi connectivity index (χ2v) is 4.19. The molecular weight excluding hydrogens is 274 g/mol. The highest BCUT2D eigenvalue weighted by molar-refractivity contribution is 9.10. The molecule has 1 unspecified atom stereocenters. The van der Waals surface area contributed by atoms with E-state index in [0.717, 1.165) is 0 Å². The minimum atomic E-state index is -0.705. The standard InChI is InChI=1S/C10H12BrN3O2/c1-5(9(13)15)14-10(16)6-2-3-8(12)7(11)4-6/h2-5H,12H2,1H3,(H2,13,15)(H,14,16). The summed E-state index contributed by atoms with van der Waals surface area (Å²) in [5.41, 5.74) is 11.6. The van der Waals surface area contributed by atoms with Gasteiger partial charge in [-0.25, -0.2) is 0 Å². The van der Waals surface area contributed by atoms with Crippen LogP contribution in [0.4, 0.5) is 5.69 Å². The fourth-order valence-electron chi connectivity index (χ4n) is 1.02. The van der Waals surface area contributed by atoms with Crippen LogP contribution in [-0.2, 0) is 4.79 Å². The van der Waals surface area contributed by atoms with Crippen molar-refractivity contribution in [1.29, 1.82) is 0 Å². The van der Waals surface area contributed by atoms with Crippen LogP contribution in [0.15, 0.2) is 22.7 Å². The average molecular weight is 286 g/mol. The molecule has 0 radical (unpaired) electrons. The van der Waals surface area contributed by atoms with E-state index in [2.05, 4.69) is 21.2 Å². The number of carbonyl (C=O) groups excluding carboxylic acids is 2. The molecule has 0 aliphatic rings. The Morgan fingerprint density at radius 1 is 1.44 bits per heavy atom. The summed E-state index contributed by atoms with van der Waals surface area (Å²) < 4.78 is 0.631. The summed E-state index contributed by atoms with van der Waals surface area (Å²) in [7, 11) is 0. The van der Waals surface area contributed by atoms with E-state index in [1.165, 1.54) is 6.92 Å². The van der Waals surface area contributed by atoms with Gasteiger partial charge in [0.15, 0.2) is 0 Å². The molecule has 0 fully saturated rings. The van der Waals surface area contributed by atoms with Crippen LogP contribution in [0.1, 0.15) is 17.3 Å². The molecule has 2 amide bonds. The Morgan fingerprint density at radius 2 is 2.06 bits per heavy atom. The Kier molecular flexibility index (Phi) is 3.89. The average Bonchev–Trinajstić information content (AvgIpc) is 2.21. The number of rotatable bonds is 3. The van der Waals surface area contributed by atoms with Gasteiger partial charge in [0.25, 0.3) is 5.91 Å². The Hall–Kier alpha value is -1.56. The highest BCUT2D eigenvalue weighted by Gasteiger charge is 2.14. The summed E-state index contributed by atoms with van der Waals surface area (Å²) in [6.45, 7) is 1.52. The molecule has 0 aliphatic carbocycles. The van der Waals surface area contributed by atoms with Gasteiger partial charge in [-0.2, -0.15) is 0 Å². The van der Waals surface area contributed by atoms with Crippen molar-refractivity contribution in [3.63, 3.8) is 0 Å². The Labute approximate surface area is 101 Å². The number of hydrogen-bond donors (Lipinski definition) is 3. The van der Waals surface area contributed by atoms with E-state index in [-0.39, 0.29) is 5.91 Å². The summed E-state index contributed by atoms with van der Waals surface area (Å²) >= 11 is 3.21. The summed E-state index contributed by atoms with van der Waals surface area (Å²) in [5, 5.41) is 2.47. The highest BCUT2D eigenvalue weighted by Crippen LogP contribution is 2.20. The van der Waals surface area contributed by atoms with E-state index in [1.54, 1.807) is 18.2 Å². The summed E-state index contributed by atoms with van der Waals surface area (Å²) in [6, 6.07) is 4.05. The van der Waals surface area contributed by atoms with Gasteiger partial charge in [-0.1, -0.05) is 0 Å². The molecule has 1 rings (SSSR count). The van der Waals surface area contributed by atoms with E-state index in [9.17, 15) is 9.59 Å². The molecule has 5 N–H and O–H groups in total. The predicted octanol–water partition coefficient (Wildman–Crippen LogP) is 0.635. The lowest BCUT2D eigenvalue weighted by atomic mass is 10.2. The van der Waals surface area contributed by atoms with Crippen molar-refractivity contribution in [2.45, 2.75) is 13.0 Å². The summed E-state index contributed by atoms with van der Waals surface area (Å²) in [4.78, 5) is 22.4. The third-order valence-electron chi connectivity index (χ3n) is 2.04. The molecule has 0 heterocycles. The third kappa shape index (κ3) is 2.96. The molecule has 6 heteroatoms. The van der Waals surface area contributed by atoms with E-state index >= 15 is 0 Å². The molecule has 0 bridgehead atoms. The first-order valence-electron chi connectivity index (χ1n) is 4.57. The van der Waals surface area contributed by atoms with Crippen molar-refractivity contribution in [1.82, 2.24) is 5.32 Å². The maximum absolute atomic E-state index is 11.6. The Bertz CT molecular complexity index is 434. The van der Waals surface area contributed by atoms with Gasteiger partial charge < -0.3 is 16.8 Å². The molecule has 86 valence electrons. The number of nitrogens with two attached hydrogens (primary N) is 2. The van der Waals surface area contributed by atoms with Crippen molar-refractivity contribution in [2.24, 2.45) is 5.73 Å². The van der Waals surface area contributed by atoms with Gasteiger partial charge in [0.1, 0.15) is 6.04 Å². The van der Waals surface area contributed by atoms with Gasteiger partial charge in [-0.05, 0) is 41.1 Å². The van der Waals surface area contributed by atoms with Gasteiger partial charge in [0, 0.05) is 15.7 Å². The van der Waals surface area contributed by atoms with Gasteiger partial charge >= 0.3 is 0 Å². The fourth-order valence-corrected chi connectivity index (χ4v) is 1.40. The maximum atomic E-state index is 11.6. The molecule has 0 saturated carbocycles. The van der Waals surface area contributed by atoms with Crippen molar-refractivity contribution in [3.8, 4) is 0 Å². The molecular formula is C10H12BrN3O2. The van der Waals surface area contributed by atoms with Crippen LogP contribution in [0.5, 0.6) is 0 Å². The second kappa shape index (κ2) is 4.98. The largest absolute Gasteiger partial charge is 0.398 e. The van der Waals surface area contributed by atoms with Gasteiger partial charge in [0.2, 0.25) is 5.91 Å². The number of nitrogens with one attached hydrogen (secondary N) is 1. The minimum Gasteiger partial charge on any atom is -0.398 e. The van der Waals surface area contributed by atoms with Crippen molar-refractivity contribution < 1.29 is 9.59 Å². The molecule has 16 heavy (non-hydrogen) atoms. The zero-order valence-electron chi connectivity index (χ0n) is 8.66. The highest BCUT2D eigenvalue weighted by atomic mass is 79.9. The second-order valence-electron chi connectivity index (χ2n) is 3.33. The van der Waals surface area contributed by atoms with Crippen LogP contribution in [0.3, 0.4) is 0 Å². The summed E-state index contributed by atoms with van der Waals surface area (Å²) in [5.74, 6) is -0.949. The number of amides is 2. The summed E-state index contributed by atoms with van der Waals surface area (Å²) in [6.07, 6.45) is 0. The van der Waals surface area contributed by atoms with Crippen LogP contribution in [0.25, 0.3) is 0 Å². The monoisotopic (exact) mass is 285 g/mol. The minimum absolute atomic E-state index is 0.369. The molecule has 1 atom stereocenters. The van der Waals surface area contributed by atoms with Crippen LogP contribution >= 0.6 is 15.9 Å². The van der Waals surface area contributed by atoms with Crippen LogP contribution < -0.4 is 16.8 Å². The smallest absolute Gasteiger partial charge is 0.251 e. The number of primary amides is 1. The first kappa shape index (κ1) is 12.5. The van der Waals surface area contributed by atoms with Crippen LogP contribution in [0.2, 0.25) is 0 Å². The third-order valence-corrected chi connectivity index (χ3v) is 2.72.